The molecule has 12 nitrogen and oxygen atoms in total. The number of hydrogen-bond donors (Lipinski definition) is 2. The average Bonchev–Trinajstić information content (AvgIpc) is 3.74. The number of carboxylic acid groups (broad SMARTS) is 2. The molecule has 0 saturated carbocycles. The Hall–Kier alpha value is -5.27. The largest absolute Gasteiger partial charge is 0.872 e. The third-order valence-electron chi connectivity index (χ3n) is 8.12. The summed E-state index contributed by atoms with van der Waals surface area (Å²) in [6, 6.07) is 16.3. The van der Waals surface area contributed by atoms with Gasteiger partial charge >= 0.3 is 11.9 Å². The van der Waals surface area contributed by atoms with Crippen molar-refractivity contribution < 1.29 is 56.5 Å². The normalized spacial score (nSPS) is 13.7. The van der Waals surface area contributed by atoms with E-state index in [2.05, 4.69) is 40.1 Å². The molecule has 0 radical (unpaired) electrons. The van der Waals surface area contributed by atoms with E-state index in [0.717, 1.165) is 0 Å². The Kier molecular flexibility index (Phi) is 15.9. The first-order valence-electron chi connectivity index (χ1n) is 14.9. The predicted octanol–water partition coefficient (Wildman–Crippen LogP) is 1.86. The van der Waals surface area contributed by atoms with E-state index in [0.29, 0.717) is 21.5 Å². The van der Waals surface area contributed by atoms with E-state index in [4.69, 9.17) is 0 Å². The van der Waals surface area contributed by atoms with Crippen molar-refractivity contribution in [1.82, 2.24) is 4.90 Å². The number of benzene rings is 4. The molecule has 258 valence electrons. The third-order valence-corrected chi connectivity index (χ3v) is 8.12. The Labute approximate surface area is 278 Å². The lowest BCUT2D eigenvalue weighted by Gasteiger charge is -2.24. The van der Waals surface area contributed by atoms with Gasteiger partial charge in [-0.1, -0.05) is 66.1 Å². The minimum Gasteiger partial charge on any atom is -0.872 e. The van der Waals surface area contributed by atoms with Crippen LogP contribution in [-0.4, -0.2) is 85.9 Å². The van der Waals surface area contributed by atoms with E-state index in [1.807, 2.05) is 0 Å². The molecule has 2 saturated heterocycles. The molecule has 4 aromatic rings. The summed E-state index contributed by atoms with van der Waals surface area (Å²) in [5, 5.41) is 46.8. The van der Waals surface area contributed by atoms with Crippen LogP contribution in [0.15, 0.2) is 85.1 Å². The summed E-state index contributed by atoms with van der Waals surface area (Å²) in [4.78, 5) is 25.5. The van der Waals surface area contributed by atoms with Crippen molar-refractivity contribution >= 4 is 39.7 Å². The quantitative estimate of drug-likeness (QED) is 0.219. The number of aromatic carboxylic acids is 2. The molecule has 4 aromatic carbocycles. The van der Waals surface area contributed by atoms with Crippen molar-refractivity contribution in [3.63, 3.8) is 0 Å². The van der Waals surface area contributed by atoms with Crippen LogP contribution < -0.4 is 10.2 Å². The van der Waals surface area contributed by atoms with Gasteiger partial charge < -0.3 is 47.2 Å². The van der Waals surface area contributed by atoms with Crippen LogP contribution in [0.3, 0.4) is 0 Å². The first kappa shape index (κ1) is 40.8. The Bertz CT molecular complexity index is 1680. The Balaban J connectivity index is 0.000000521. The molecular formula is C36H43N2O10-. The van der Waals surface area contributed by atoms with Gasteiger partial charge in [-0.25, -0.2) is 14.2 Å². The minimum absolute atomic E-state index is 0. The number of nitrogens with zero attached hydrogens (tertiary/aromatic N) is 2. The van der Waals surface area contributed by atoms with Crippen LogP contribution in [0.2, 0.25) is 0 Å². The Morgan fingerprint density at radius 3 is 1.60 bits per heavy atom. The number of carboxylic acids is 2. The van der Waals surface area contributed by atoms with Crippen molar-refractivity contribution in [1.29, 1.82) is 0 Å². The molecule has 0 amide bonds. The summed E-state index contributed by atoms with van der Waals surface area (Å²) in [6.07, 6.45) is 16.1. The van der Waals surface area contributed by atoms with Gasteiger partial charge in [0.2, 0.25) is 0 Å². The molecule has 48 heavy (non-hydrogen) atoms. The van der Waals surface area contributed by atoms with Gasteiger partial charge in [0.1, 0.15) is 13.1 Å². The van der Waals surface area contributed by atoms with Gasteiger partial charge in [-0.3, -0.25) is 0 Å². The molecule has 12 heteroatoms. The summed E-state index contributed by atoms with van der Waals surface area (Å²) in [7, 11) is 0. The predicted molar refractivity (Wildman–Crippen MR) is 182 cm³/mol. The molecule has 0 bridgehead atoms. The zero-order valence-electron chi connectivity index (χ0n) is 26.4. The standard InChI is InChI=1S/C23H16O6.C13H21N2.4H2O/c24-20-16(14-7-3-1-5-12(14)9-18(20)22(26)27)11-17-15-8-4-2-6-13(15)10-19(21(17)25)23(28)29;1(2-8-14-10-4-5-11-14)3-9-15-12-6-7-13-15;;;;/h1-10,24-25H,11H2,(H,26,27)(H,28,29);1-3,8-9H,4-7,10-13H2;4*1H2/q;+1;;;;/p-2. The van der Waals surface area contributed by atoms with Crippen LogP contribution in [0.1, 0.15) is 57.5 Å². The van der Waals surface area contributed by atoms with Gasteiger partial charge in [0, 0.05) is 32.0 Å². The maximum atomic E-state index is 12.9. The monoisotopic (exact) mass is 663 g/mol. The van der Waals surface area contributed by atoms with E-state index in [1.165, 1.54) is 64.0 Å². The third kappa shape index (κ3) is 9.39. The van der Waals surface area contributed by atoms with E-state index < -0.39 is 23.4 Å². The van der Waals surface area contributed by atoms with Gasteiger partial charge in [-0.15, -0.1) is 0 Å². The van der Waals surface area contributed by atoms with Crippen molar-refractivity contribution in [3.8, 4) is 11.5 Å². The van der Waals surface area contributed by atoms with Gasteiger partial charge in [0.25, 0.3) is 0 Å². The van der Waals surface area contributed by atoms with E-state index in [1.54, 1.807) is 48.5 Å². The second-order valence-electron chi connectivity index (χ2n) is 11.1. The number of fused-ring (bicyclic) bond motifs is 2. The van der Waals surface area contributed by atoms with Crippen LogP contribution in [0.25, 0.3) is 21.5 Å². The minimum atomic E-state index is -1.35. The summed E-state index contributed by atoms with van der Waals surface area (Å²) in [5.74, 6) is -4.07. The van der Waals surface area contributed by atoms with Crippen LogP contribution >= 0.6 is 0 Å². The first-order valence-corrected chi connectivity index (χ1v) is 14.9. The lowest BCUT2D eigenvalue weighted by molar-refractivity contribution is -0.500. The smallest absolute Gasteiger partial charge is 0.335 e. The molecule has 0 spiro atoms. The Morgan fingerprint density at radius 1 is 0.688 bits per heavy atom. The molecule has 0 unspecified atom stereocenters. The number of carbonyl (C=O) groups is 2. The number of likely N-dealkylation sites (tertiary alicyclic amines) is 1. The summed E-state index contributed by atoms with van der Waals surface area (Å²) in [5.41, 5.74) is -0.453. The fraction of sp³-hybridized carbons (Fsp3) is 0.250. The lowest BCUT2D eigenvalue weighted by atomic mass is 9.90. The van der Waals surface area contributed by atoms with Crippen molar-refractivity contribution in [2.45, 2.75) is 32.1 Å². The van der Waals surface area contributed by atoms with Gasteiger partial charge in [-0.2, -0.15) is 0 Å². The van der Waals surface area contributed by atoms with Crippen LogP contribution in [0.4, 0.5) is 0 Å². The number of rotatable bonds is 7. The molecule has 2 fully saturated rings. The van der Waals surface area contributed by atoms with Gasteiger partial charge in [-0.05, 0) is 76.3 Å². The second-order valence-corrected chi connectivity index (χ2v) is 11.1. The van der Waals surface area contributed by atoms with Crippen molar-refractivity contribution in [3.05, 3.63) is 107 Å². The van der Waals surface area contributed by atoms with Gasteiger partial charge in [0.15, 0.2) is 6.21 Å². The molecule has 10 N–H and O–H groups in total. The van der Waals surface area contributed by atoms with E-state index in [9.17, 15) is 30.0 Å². The zero-order chi connectivity index (χ0) is 31.1. The second kappa shape index (κ2) is 18.8. The van der Waals surface area contributed by atoms with Crippen LogP contribution in [0.5, 0.6) is 11.5 Å². The molecule has 2 heterocycles. The molecule has 0 aromatic heterocycles. The number of hydrogen-bond acceptors (Lipinski definition) is 5. The molecule has 6 rings (SSSR count). The highest BCUT2D eigenvalue weighted by molar-refractivity contribution is 6.02. The lowest BCUT2D eigenvalue weighted by Crippen LogP contribution is -2.11. The van der Waals surface area contributed by atoms with Crippen LogP contribution in [0, 0.1) is 0 Å². The highest BCUT2D eigenvalue weighted by atomic mass is 16.4. The summed E-state index contributed by atoms with van der Waals surface area (Å²) < 4.78 is 2.39. The molecular weight excluding hydrogens is 620 g/mol. The fourth-order valence-corrected chi connectivity index (χ4v) is 5.84. The highest BCUT2D eigenvalue weighted by Crippen LogP contribution is 2.37. The van der Waals surface area contributed by atoms with E-state index in [-0.39, 0.29) is 50.6 Å². The molecule has 2 aliphatic rings. The maximum absolute atomic E-state index is 12.9. The zero-order valence-corrected chi connectivity index (χ0v) is 26.4. The molecule has 0 aliphatic carbocycles. The van der Waals surface area contributed by atoms with Crippen molar-refractivity contribution in [2.75, 3.05) is 26.2 Å². The average molecular weight is 664 g/mol. The first-order chi connectivity index (χ1) is 21.3. The van der Waals surface area contributed by atoms with E-state index >= 15 is 0 Å². The summed E-state index contributed by atoms with van der Waals surface area (Å²) >= 11 is 0. The molecule has 0 atom stereocenters. The fourth-order valence-electron chi connectivity index (χ4n) is 5.84. The van der Waals surface area contributed by atoms with Crippen molar-refractivity contribution in [2.24, 2.45) is 0 Å². The maximum Gasteiger partial charge on any atom is 0.335 e. The number of allylic oxidation sites excluding steroid dienone is 3. The molecule has 2 aliphatic heterocycles. The summed E-state index contributed by atoms with van der Waals surface area (Å²) in [6.45, 7) is 4.95. The van der Waals surface area contributed by atoms with Gasteiger partial charge in [0.05, 0.1) is 11.1 Å². The highest BCUT2D eigenvalue weighted by Gasteiger charge is 2.17. The van der Waals surface area contributed by atoms with Crippen LogP contribution in [-0.2, 0) is 6.42 Å². The SMILES string of the molecule is C(/C=C/C=C/N1CCCC1)=[N+]1CCCC1.O.O.O.O.O=C(O)c1cc2ccccc2c(Cc2c([O-])c(C(=O)O)cc3ccccc23)c1[O-]. The topological polar surface area (TPSA) is 253 Å². The Morgan fingerprint density at radius 2 is 1.15 bits per heavy atom.